The molecule has 1 aromatic carbocycles. The van der Waals surface area contributed by atoms with E-state index in [-0.39, 0.29) is 10.0 Å². The normalized spacial score (nSPS) is 13.3. The number of aliphatic hydroxyl groups is 1. The molecule has 2 rings (SSSR count). The van der Waals surface area contributed by atoms with Crippen LogP contribution in [0.5, 0.6) is 0 Å². The molecule has 1 unspecified atom stereocenters. The van der Waals surface area contributed by atoms with E-state index in [1.54, 1.807) is 0 Å². The standard InChI is InChI=1S/C13H8BrF4NO/c14-10-2-1-7(5-11(10)15)12(20)8-6-19-4-3-9(8)13(16,17)18/h1-6,12,20H. The minimum absolute atomic E-state index is 0.0178. The molecule has 7 heteroatoms. The quantitative estimate of drug-likeness (QED) is 0.828. The molecular weight excluding hydrogens is 342 g/mol. The smallest absolute Gasteiger partial charge is 0.384 e. The van der Waals surface area contributed by atoms with Crippen molar-refractivity contribution in [3.8, 4) is 0 Å². The fourth-order valence-electron chi connectivity index (χ4n) is 1.74. The number of hydrogen-bond acceptors (Lipinski definition) is 2. The Morgan fingerprint density at radius 1 is 1.20 bits per heavy atom. The molecule has 1 heterocycles. The maximum atomic E-state index is 13.4. The number of alkyl halides is 3. The highest BCUT2D eigenvalue weighted by atomic mass is 79.9. The van der Waals surface area contributed by atoms with E-state index in [0.717, 1.165) is 24.5 Å². The summed E-state index contributed by atoms with van der Waals surface area (Å²) in [6, 6.07) is 4.40. The minimum Gasteiger partial charge on any atom is -0.384 e. The van der Waals surface area contributed by atoms with E-state index in [4.69, 9.17) is 0 Å². The number of nitrogens with zero attached hydrogens (tertiary/aromatic N) is 1. The maximum Gasteiger partial charge on any atom is 0.416 e. The van der Waals surface area contributed by atoms with Crippen LogP contribution in [0.3, 0.4) is 0 Å². The van der Waals surface area contributed by atoms with E-state index >= 15 is 0 Å². The first kappa shape index (κ1) is 14.9. The van der Waals surface area contributed by atoms with Crippen molar-refractivity contribution in [2.24, 2.45) is 0 Å². The monoisotopic (exact) mass is 349 g/mol. The van der Waals surface area contributed by atoms with Crippen LogP contribution in [0.4, 0.5) is 17.6 Å². The molecule has 1 N–H and O–H groups in total. The molecule has 2 aromatic rings. The zero-order valence-corrected chi connectivity index (χ0v) is 11.4. The number of benzene rings is 1. The third-order valence-electron chi connectivity index (χ3n) is 2.71. The second-order valence-electron chi connectivity index (χ2n) is 4.04. The average Bonchev–Trinajstić information content (AvgIpc) is 2.40. The van der Waals surface area contributed by atoms with Crippen molar-refractivity contribution in [3.05, 3.63) is 63.6 Å². The van der Waals surface area contributed by atoms with E-state index in [1.807, 2.05) is 0 Å². The van der Waals surface area contributed by atoms with Crippen molar-refractivity contribution >= 4 is 15.9 Å². The van der Waals surface area contributed by atoms with Crippen LogP contribution < -0.4 is 0 Å². The van der Waals surface area contributed by atoms with E-state index in [0.29, 0.717) is 0 Å². The van der Waals surface area contributed by atoms with Gasteiger partial charge in [-0.05, 0) is 39.7 Å². The topological polar surface area (TPSA) is 33.1 Å². The predicted octanol–water partition coefficient (Wildman–Crippen LogP) is 4.08. The SMILES string of the molecule is OC(c1ccc(Br)c(F)c1)c1cnccc1C(F)(F)F. The van der Waals surface area contributed by atoms with Gasteiger partial charge in [0, 0.05) is 18.0 Å². The fourth-order valence-corrected chi connectivity index (χ4v) is 1.99. The van der Waals surface area contributed by atoms with E-state index in [1.165, 1.54) is 12.1 Å². The van der Waals surface area contributed by atoms with Gasteiger partial charge in [0.05, 0.1) is 10.0 Å². The summed E-state index contributed by atoms with van der Waals surface area (Å²) in [6.07, 6.45) is -4.31. The second-order valence-corrected chi connectivity index (χ2v) is 4.89. The molecule has 0 fully saturated rings. The second kappa shape index (κ2) is 5.49. The van der Waals surface area contributed by atoms with E-state index in [9.17, 15) is 22.7 Å². The van der Waals surface area contributed by atoms with Gasteiger partial charge >= 0.3 is 6.18 Å². The van der Waals surface area contributed by atoms with Gasteiger partial charge in [-0.25, -0.2) is 4.39 Å². The molecule has 1 aromatic heterocycles. The molecule has 106 valence electrons. The van der Waals surface area contributed by atoms with E-state index in [2.05, 4.69) is 20.9 Å². The lowest BCUT2D eigenvalue weighted by molar-refractivity contribution is -0.139. The third kappa shape index (κ3) is 2.99. The van der Waals surface area contributed by atoms with Gasteiger partial charge in [0.25, 0.3) is 0 Å². The Bertz CT molecular complexity index is 630. The Balaban J connectivity index is 2.48. The summed E-state index contributed by atoms with van der Waals surface area (Å²) >= 11 is 2.93. The van der Waals surface area contributed by atoms with Crippen LogP contribution in [0.25, 0.3) is 0 Å². The van der Waals surface area contributed by atoms with Gasteiger partial charge in [-0.3, -0.25) is 4.98 Å². The zero-order valence-electron chi connectivity index (χ0n) is 9.83. The molecule has 0 amide bonds. The van der Waals surface area contributed by atoms with Crippen LogP contribution in [0.2, 0.25) is 0 Å². The summed E-state index contributed by atoms with van der Waals surface area (Å²) in [7, 11) is 0. The lowest BCUT2D eigenvalue weighted by Gasteiger charge is -2.17. The molecule has 0 saturated heterocycles. The van der Waals surface area contributed by atoms with Crippen molar-refractivity contribution in [2.45, 2.75) is 12.3 Å². The molecule has 0 aliphatic heterocycles. The van der Waals surface area contributed by atoms with Crippen LogP contribution in [0.15, 0.2) is 41.1 Å². The number of halogens is 5. The van der Waals surface area contributed by atoms with Crippen molar-refractivity contribution in [3.63, 3.8) is 0 Å². The van der Waals surface area contributed by atoms with Crippen molar-refractivity contribution in [1.29, 1.82) is 0 Å². The third-order valence-corrected chi connectivity index (χ3v) is 3.35. The molecular formula is C13H8BrF4NO. The van der Waals surface area contributed by atoms with Gasteiger partial charge in [0.1, 0.15) is 11.9 Å². The summed E-state index contributed by atoms with van der Waals surface area (Å²) in [6.45, 7) is 0. The molecule has 0 aliphatic carbocycles. The molecule has 0 aliphatic rings. The first-order valence-electron chi connectivity index (χ1n) is 5.45. The number of hydrogen-bond donors (Lipinski definition) is 1. The van der Waals surface area contributed by atoms with Crippen molar-refractivity contribution < 1.29 is 22.7 Å². The lowest BCUT2D eigenvalue weighted by atomic mass is 9.98. The highest BCUT2D eigenvalue weighted by Crippen LogP contribution is 2.36. The van der Waals surface area contributed by atoms with Crippen LogP contribution in [-0.2, 0) is 6.18 Å². The Kier molecular flexibility index (Phi) is 4.10. The number of aliphatic hydroxyl groups excluding tert-OH is 1. The van der Waals surface area contributed by atoms with Gasteiger partial charge in [-0.2, -0.15) is 13.2 Å². The minimum atomic E-state index is -4.62. The summed E-state index contributed by atoms with van der Waals surface area (Å²) < 4.78 is 52.1. The Hall–Kier alpha value is -1.47. The van der Waals surface area contributed by atoms with Gasteiger partial charge in [0.2, 0.25) is 0 Å². The first-order valence-corrected chi connectivity index (χ1v) is 6.24. The maximum absolute atomic E-state index is 13.4. The van der Waals surface area contributed by atoms with Gasteiger partial charge in [0.15, 0.2) is 0 Å². The molecule has 20 heavy (non-hydrogen) atoms. The number of aromatic nitrogens is 1. The molecule has 0 saturated carbocycles. The van der Waals surface area contributed by atoms with Crippen molar-refractivity contribution in [2.75, 3.05) is 0 Å². The summed E-state index contributed by atoms with van der Waals surface area (Å²) in [5.74, 6) is -0.668. The predicted molar refractivity (Wildman–Crippen MR) is 67.4 cm³/mol. The number of rotatable bonds is 2. The Labute approximate surface area is 120 Å². The summed E-state index contributed by atoms with van der Waals surface area (Å²) in [5, 5.41) is 10.0. The molecule has 1 atom stereocenters. The number of pyridine rings is 1. The highest BCUT2D eigenvalue weighted by Gasteiger charge is 2.35. The average molecular weight is 350 g/mol. The van der Waals surface area contributed by atoms with Gasteiger partial charge in [-0.15, -0.1) is 0 Å². The molecule has 0 spiro atoms. The van der Waals surface area contributed by atoms with Crippen LogP contribution in [-0.4, -0.2) is 10.1 Å². The summed E-state index contributed by atoms with van der Waals surface area (Å²) in [4.78, 5) is 3.58. The lowest BCUT2D eigenvalue weighted by Crippen LogP contribution is -2.13. The molecule has 2 nitrogen and oxygen atoms in total. The molecule has 0 radical (unpaired) electrons. The van der Waals surface area contributed by atoms with Gasteiger partial charge < -0.3 is 5.11 Å². The van der Waals surface area contributed by atoms with Crippen molar-refractivity contribution in [1.82, 2.24) is 4.98 Å². The van der Waals surface area contributed by atoms with E-state index < -0.39 is 29.2 Å². The van der Waals surface area contributed by atoms with Gasteiger partial charge in [-0.1, -0.05) is 6.07 Å². The largest absolute Gasteiger partial charge is 0.416 e. The van der Waals surface area contributed by atoms with Crippen LogP contribution >= 0.6 is 15.9 Å². The zero-order chi connectivity index (χ0) is 14.9. The highest BCUT2D eigenvalue weighted by molar-refractivity contribution is 9.10. The fraction of sp³-hybridized carbons (Fsp3) is 0.154. The molecule has 0 bridgehead atoms. The Morgan fingerprint density at radius 3 is 2.50 bits per heavy atom. The summed E-state index contributed by atoms with van der Waals surface area (Å²) in [5.41, 5.74) is -1.39. The van der Waals surface area contributed by atoms with Crippen LogP contribution in [0, 0.1) is 5.82 Å². The Morgan fingerprint density at radius 2 is 1.90 bits per heavy atom. The first-order chi connectivity index (χ1) is 9.30. The van der Waals surface area contributed by atoms with Crippen LogP contribution in [0.1, 0.15) is 22.8 Å².